The number of benzene rings is 2. The van der Waals surface area contributed by atoms with E-state index in [1.54, 1.807) is 6.07 Å². The molecule has 3 rings (SSSR count). The molecule has 1 nitrogen and oxygen atoms in total. The van der Waals surface area contributed by atoms with Crippen LogP contribution in [0.2, 0.25) is 10.0 Å². The highest BCUT2D eigenvalue weighted by Crippen LogP contribution is 2.36. The molecule has 3 heteroatoms. The predicted octanol–water partition coefficient (Wildman–Crippen LogP) is 5.02. The van der Waals surface area contributed by atoms with Gasteiger partial charge in [0.2, 0.25) is 0 Å². The van der Waals surface area contributed by atoms with E-state index in [0.717, 1.165) is 24.8 Å². The number of hydrogen-bond donors (Lipinski definition) is 1. The second-order valence-electron chi connectivity index (χ2n) is 5.68. The van der Waals surface area contributed by atoms with Gasteiger partial charge in [-0.3, -0.25) is 0 Å². The summed E-state index contributed by atoms with van der Waals surface area (Å²) < 4.78 is 0. The summed E-state index contributed by atoms with van der Waals surface area (Å²) >= 11 is 12.3. The Hall–Kier alpha value is -1.02. The van der Waals surface area contributed by atoms with Gasteiger partial charge < -0.3 is 5.11 Å². The van der Waals surface area contributed by atoms with Crippen molar-refractivity contribution >= 4 is 23.2 Å². The van der Waals surface area contributed by atoms with Gasteiger partial charge in [-0.05, 0) is 42.0 Å². The van der Waals surface area contributed by atoms with Crippen molar-refractivity contribution in [2.75, 3.05) is 0 Å². The molecule has 0 fully saturated rings. The highest BCUT2D eigenvalue weighted by Gasteiger charge is 2.27. The van der Waals surface area contributed by atoms with Gasteiger partial charge in [0.15, 0.2) is 0 Å². The lowest BCUT2D eigenvalue weighted by Crippen LogP contribution is -2.25. The number of aryl methyl sites for hydroxylation is 1. The van der Waals surface area contributed by atoms with Crippen LogP contribution in [-0.2, 0) is 12.8 Å². The molecular formula is C18H18Cl2O. The SMILES string of the molecule is OC(Cc1cccc(Cl)c1Cl)C1CCCc2ccccc21. The summed E-state index contributed by atoms with van der Waals surface area (Å²) in [7, 11) is 0. The summed E-state index contributed by atoms with van der Waals surface area (Å²) in [6.07, 6.45) is 3.37. The molecule has 2 aromatic carbocycles. The standard InChI is InChI=1S/C18H18Cl2O/c19-16-10-4-7-13(18(16)20)11-17(21)15-9-3-6-12-5-1-2-8-14(12)15/h1-2,4-5,7-8,10,15,17,21H,3,6,9,11H2. The molecule has 2 unspecified atom stereocenters. The Balaban J connectivity index is 1.83. The van der Waals surface area contributed by atoms with Crippen LogP contribution in [0.4, 0.5) is 0 Å². The second kappa shape index (κ2) is 6.39. The van der Waals surface area contributed by atoms with E-state index >= 15 is 0 Å². The smallest absolute Gasteiger partial charge is 0.0649 e. The summed E-state index contributed by atoms with van der Waals surface area (Å²) in [5.41, 5.74) is 3.57. The summed E-state index contributed by atoms with van der Waals surface area (Å²) in [4.78, 5) is 0. The van der Waals surface area contributed by atoms with Crippen LogP contribution in [0.3, 0.4) is 0 Å². The van der Waals surface area contributed by atoms with Crippen molar-refractivity contribution in [3.05, 3.63) is 69.2 Å². The van der Waals surface area contributed by atoms with Crippen LogP contribution in [0.5, 0.6) is 0 Å². The fraction of sp³-hybridized carbons (Fsp3) is 0.333. The highest BCUT2D eigenvalue weighted by molar-refractivity contribution is 6.42. The van der Waals surface area contributed by atoms with E-state index in [4.69, 9.17) is 23.2 Å². The molecule has 1 N–H and O–H groups in total. The van der Waals surface area contributed by atoms with Crippen molar-refractivity contribution in [2.45, 2.75) is 37.7 Å². The van der Waals surface area contributed by atoms with Crippen LogP contribution in [0.1, 0.15) is 35.4 Å². The third-order valence-corrected chi connectivity index (χ3v) is 5.20. The fourth-order valence-corrected chi connectivity index (χ4v) is 3.66. The lowest BCUT2D eigenvalue weighted by atomic mass is 9.78. The Kier molecular flexibility index (Phi) is 4.54. The van der Waals surface area contributed by atoms with Gasteiger partial charge in [-0.1, -0.05) is 59.6 Å². The molecule has 0 bridgehead atoms. The van der Waals surface area contributed by atoms with Gasteiger partial charge in [0, 0.05) is 12.3 Å². The van der Waals surface area contributed by atoms with Crippen LogP contribution in [-0.4, -0.2) is 11.2 Å². The van der Waals surface area contributed by atoms with E-state index in [1.807, 2.05) is 12.1 Å². The van der Waals surface area contributed by atoms with Crippen LogP contribution >= 0.6 is 23.2 Å². The zero-order valence-electron chi connectivity index (χ0n) is 11.7. The zero-order valence-corrected chi connectivity index (χ0v) is 13.2. The Bertz CT molecular complexity index is 639. The van der Waals surface area contributed by atoms with Gasteiger partial charge in [-0.15, -0.1) is 0 Å². The molecule has 0 spiro atoms. The number of hydrogen-bond acceptors (Lipinski definition) is 1. The molecule has 0 saturated carbocycles. The quantitative estimate of drug-likeness (QED) is 0.842. The third kappa shape index (κ3) is 3.11. The van der Waals surface area contributed by atoms with Gasteiger partial charge in [-0.25, -0.2) is 0 Å². The fourth-order valence-electron chi connectivity index (χ4n) is 3.26. The van der Waals surface area contributed by atoms with E-state index in [0.29, 0.717) is 16.5 Å². The molecule has 2 aromatic rings. The number of aliphatic hydroxyl groups is 1. The zero-order chi connectivity index (χ0) is 14.8. The predicted molar refractivity (Wildman–Crippen MR) is 88.3 cm³/mol. The van der Waals surface area contributed by atoms with Crippen molar-refractivity contribution in [2.24, 2.45) is 0 Å². The minimum absolute atomic E-state index is 0.185. The molecule has 1 aliphatic carbocycles. The first-order valence-electron chi connectivity index (χ1n) is 7.35. The molecule has 0 aromatic heterocycles. The molecule has 0 saturated heterocycles. The normalized spacial score (nSPS) is 19.1. The molecule has 0 amide bonds. The number of rotatable bonds is 3. The minimum Gasteiger partial charge on any atom is -0.392 e. The molecular weight excluding hydrogens is 303 g/mol. The average Bonchev–Trinajstić information content (AvgIpc) is 2.51. The number of halogens is 2. The third-order valence-electron chi connectivity index (χ3n) is 4.34. The van der Waals surface area contributed by atoms with Crippen molar-refractivity contribution in [3.8, 4) is 0 Å². The molecule has 2 atom stereocenters. The van der Waals surface area contributed by atoms with Crippen LogP contribution in [0.25, 0.3) is 0 Å². The van der Waals surface area contributed by atoms with Gasteiger partial charge in [0.1, 0.15) is 0 Å². The van der Waals surface area contributed by atoms with Crippen molar-refractivity contribution in [3.63, 3.8) is 0 Å². The first-order chi connectivity index (χ1) is 10.2. The van der Waals surface area contributed by atoms with Crippen LogP contribution in [0.15, 0.2) is 42.5 Å². The van der Waals surface area contributed by atoms with Crippen molar-refractivity contribution in [1.29, 1.82) is 0 Å². The van der Waals surface area contributed by atoms with E-state index in [9.17, 15) is 5.11 Å². The molecule has 21 heavy (non-hydrogen) atoms. The van der Waals surface area contributed by atoms with Gasteiger partial charge in [-0.2, -0.15) is 0 Å². The summed E-state index contributed by atoms with van der Waals surface area (Å²) in [6, 6.07) is 14.0. The molecule has 110 valence electrons. The van der Waals surface area contributed by atoms with Crippen molar-refractivity contribution < 1.29 is 5.11 Å². The van der Waals surface area contributed by atoms with E-state index < -0.39 is 6.10 Å². The van der Waals surface area contributed by atoms with Gasteiger partial charge >= 0.3 is 0 Å². The Labute approximate surface area is 135 Å². The Morgan fingerprint density at radius 3 is 2.76 bits per heavy atom. The number of fused-ring (bicyclic) bond motifs is 1. The molecule has 0 heterocycles. The monoisotopic (exact) mass is 320 g/mol. The first kappa shape index (κ1) is 14.9. The van der Waals surface area contributed by atoms with E-state index in [2.05, 4.69) is 24.3 Å². The van der Waals surface area contributed by atoms with E-state index in [1.165, 1.54) is 11.1 Å². The first-order valence-corrected chi connectivity index (χ1v) is 8.11. The van der Waals surface area contributed by atoms with E-state index in [-0.39, 0.29) is 5.92 Å². The maximum absolute atomic E-state index is 10.7. The summed E-state index contributed by atoms with van der Waals surface area (Å²) in [6.45, 7) is 0. The van der Waals surface area contributed by atoms with Crippen molar-refractivity contribution in [1.82, 2.24) is 0 Å². The highest BCUT2D eigenvalue weighted by atomic mass is 35.5. The van der Waals surface area contributed by atoms with Crippen LogP contribution in [0, 0.1) is 0 Å². The molecule has 1 aliphatic rings. The molecule has 0 radical (unpaired) electrons. The maximum Gasteiger partial charge on any atom is 0.0649 e. The second-order valence-corrected chi connectivity index (χ2v) is 6.47. The lowest BCUT2D eigenvalue weighted by molar-refractivity contribution is 0.134. The largest absolute Gasteiger partial charge is 0.392 e. The van der Waals surface area contributed by atoms with Gasteiger partial charge in [0.25, 0.3) is 0 Å². The number of aliphatic hydroxyl groups excluding tert-OH is 1. The van der Waals surface area contributed by atoms with Crippen LogP contribution < -0.4 is 0 Å². The average molecular weight is 321 g/mol. The summed E-state index contributed by atoms with van der Waals surface area (Å²) in [5.74, 6) is 0.185. The Morgan fingerprint density at radius 1 is 1.10 bits per heavy atom. The molecule has 0 aliphatic heterocycles. The maximum atomic E-state index is 10.7. The van der Waals surface area contributed by atoms with Gasteiger partial charge in [0.05, 0.1) is 16.1 Å². The summed E-state index contributed by atoms with van der Waals surface area (Å²) in [5, 5.41) is 11.8. The topological polar surface area (TPSA) is 20.2 Å². The lowest BCUT2D eigenvalue weighted by Gasteiger charge is -2.29. The minimum atomic E-state index is -0.428. The Morgan fingerprint density at radius 2 is 1.90 bits per heavy atom.